The molecule has 1 aromatic heterocycles. The molecular formula is C11H9N3O2. The van der Waals surface area contributed by atoms with Crippen LogP contribution in [0.2, 0.25) is 0 Å². The maximum Gasteiger partial charge on any atom is 0.270 e. The van der Waals surface area contributed by atoms with E-state index in [1.165, 1.54) is 12.1 Å². The van der Waals surface area contributed by atoms with Crippen LogP contribution in [0.5, 0.6) is 0 Å². The summed E-state index contributed by atoms with van der Waals surface area (Å²) in [6.07, 6.45) is 1.64. The third-order valence-corrected chi connectivity index (χ3v) is 2.11. The van der Waals surface area contributed by atoms with E-state index < -0.39 is 4.92 Å². The van der Waals surface area contributed by atoms with Gasteiger partial charge < -0.3 is 0 Å². The molecule has 0 fully saturated rings. The van der Waals surface area contributed by atoms with Gasteiger partial charge in [-0.05, 0) is 13.0 Å². The zero-order chi connectivity index (χ0) is 11.5. The summed E-state index contributed by atoms with van der Waals surface area (Å²) in [4.78, 5) is 18.5. The van der Waals surface area contributed by atoms with Crippen molar-refractivity contribution in [2.75, 3.05) is 0 Å². The predicted octanol–water partition coefficient (Wildman–Crippen LogP) is 2.36. The smallest absolute Gasteiger partial charge is 0.258 e. The van der Waals surface area contributed by atoms with Gasteiger partial charge in [-0.3, -0.25) is 10.1 Å². The number of nitro groups is 1. The monoisotopic (exact) mass is 215 g/mol. The molecular weight excluding hydrogens is 206 g/mol. The van der Waals surface area contributed by atoms with Gasteiger partial charge in [0, 0.05) is 29.6 Å². The molecule has 0 unspecified atom stereocenters. The van der Waals surface area contributed by atoms with E-state index >= 15 is 0 Å². The summed E-state index contributed by atoms with van der Waals surface area (Å²) in [7, 11) is 0. The van der Waals surface area contributed by atoms with E-state index in [4.69, 9.17) is 0 Å². The number of hydrogen-bond donors (Lipinski definition) is 0. The van der Waals surface area contributed by atoms with E-state index in [1.807, 2.05) is 6.92 Å². The lowest BCUT2D eigenvalue weighted by Gasteiger charge is -2.00. The van der Waals surface area contributed by atoms with E-state index in [0.29, 0.717) is 11.4 Å². The Morgan fingerprint density at radius 3 is 2.81 bits per heavy atom. The summed E-state index contributed by atoms with van der Waals surface area (Å²) in [5.74, 6) is 0.503. The molecule has 1 heterocycles. The van der Waals surface area contributed by atoms with Crippen molar-refractivity contribution in [2.24, 2.45) is 0 Å². The molecule has 0 radical (unpaired) electrons. The summed E-state index contributed by atoms with van der Waals surface area (Å²) < 4.78 is 0. The second-order valence-electron chi connectivity index (χ2n) is 3.33. The van der Waals surface area contributed by atoms with Gasteiger partial charge >= 0.3 is 0 Å². The zero-order valence-corrected chi connectivity index (χ0v) is 8.62. The van der Waals surface area contributed by atoms with E-state index in [0.717, 1.165) is 5.69 Å². The Hall–Kier alpha value is -2.30. The highest BCUT2D eigenvalue weighted by molar-refractivity contribution is 5.58. The maximum absolute atomic E-state index is 10.6. The van der Waals surface area contributed by atoms with Gasteiger partial charge in [-0.15, -0.1) is 0 Å². The summed E-state index contributed by atoms with van der Waals surface area (Å²) in [6, 6.07) is 8.07. The van der Waals surface area contributed by atoms with Crippen LogP contribution < -0.4 is 0 Å². The Bertz CT molecular complexity index is 540. The number of hydrogen-bond acceptors (Lipinski definition) is 4. The van der Waals surface area contributed by atoms with E-state index in [2.05, 4.69) is 9.97 Å². The minimum atomic E-state index is -0.431. The molecule has 0 aliphatic carbocycles. The van der Waals surface area contributed by atoms with Crippen molar-refractivity contribution in [3.63, 3.8) is 0 Å². The minimum absolute atomic E-state index is 0.0441. The van der Waals surface area contributed by atoms with Crippen LogP contribution in [0, 0.1) is 17.0 Å². The minimum Gasteiger partial charge on any atom is -0.258 e. The molecule has 5 nitrogen and oxygen atoms in total. The summed E-state index contributed by atoms with van der Waals surface area (Å²) >= 11 is 0. The molecule has 0 atom stereocenters. The Kier molecular flexibility index (Phi) is 2.59. The fraction of sp³-hybridized carbons (Fsp3) is 0.0909. The molecule has 0 saturated carbocycles. The average molecular weight is 215 g/mol. The molecule has 2 rings (SSSR count). The number of aromatic nitrogens is 2. The summed E-state index contributed by atoms with van der Waals surface area (Å²) in [6.45, 7) is 1.85. The normalized spacial score (nSPS) is 10.1. The molecule has 0 bridgehead atoms. The van der Waals surface area contributed by atoms with Gasteiger partial charge in [0.25, 0.3) is 5.69 Å². The van der Waals surface area contributed by atoms with Crippen LogP contribution >= 0.6 is 0 Å². The van der Waals surface area contributed by atoms with Crippen LogP contribution in [0.4, 0.5) is 5.69 Å². The van der Waals surface area contributed by atoms with Gasteiger partial charge in [0.1, 0.15) is 0 Å². The molecule has 0 aliphatic rings. The third-order valence-electron chi connectivity index (χ3n) is 2.11. The van der Waals surface area contributed by atoms with E-state index in [1.54, 1.807) is 24.4 Å². The van der Waals surface area contributed by atoms with Crippen LogP contribution in [0.15, 0.2) is 36.5 Å². The highest BCUT2D eigenvalue weighted by Crippen LogP contribution is 2.20. The third kappa shape index (κ3) is 2.03. The number of nitro benzene ring substituents is 1. The second kappa shape index (κ2) is 4.06. The van der Waals surface area contributed by atoms with Crippen LogP contribution in [0.25, 0.3) is 11.4 Å². The SMILES string of the molecule is Cc1ccnc(-c2cccc([N+](=O)[O-])c2)n1. The topological polar surface area (TPSA) is 68.9 Å². The number of benzene rings is 1. The van der Waals surface area contributed by atoms with Crippen LogP contribution in [0.3, 0.4) is 0 Å². The summed E-state index contributed by atoms with van der Waals surface area (Å²) in [5.41, 5.74) is 1.53. The largest absolute Gasteiger partial charge is 0.270 e. The number of nitrogens with zero attached hydrogens (tertiary/aromatic N) is 3. The molecule has 0 aliphatic heterocycles. The van der Waals surface area contributed by atoms with Crippen molar-refractivity contribution in [3.05, 3.63) is 52.3 Å². The van der Waals surface area contributed by atoms with Crippen molar-refractivity contribution < 1.29 is 4.92 Å². The van der Waals surface area contributed by atoms with Gasteiger partial charge in [0.2, 0.25) is 0 Å². The highest BCUT2D eigenvalue weighted by Gasteiger charge is 2.08. The van der Waals surface area contributed by atoms with E-state index in [-0.39, 0.29) is 5.69 Å². The van der Waals surface area contributed by atoms with Gasteiger partial charge in [0.05, 0.1) is 4.92 Å². The quantitative estimate of drug-likeness (QED) is 0.569. The lowest BCUT2D eigenvalue weighted by Crippen LogP contribution is -1.92. The van der Waals surface area contributed by atoms with Crippen LogP contribution in [0.1, 0.15) is 5.69 Å². The van der Waals surface area contributed by atoms with E-state index in [9.17, 15) is 10.1 Å². The summed E-state index contributed by atoms with van der Waals surface area (Å²) in [5, 5.41) is 10.6. The number of rotatable bonds is 2. The van der Waals surface area contributed by atoms with Crippen molar-refractivity contribution in [1.82, 2.24) is 9.97 Å². The zero-order valence-electron chi connectivity index (χ0n) is 8.62. The molecule has 5 heteroatoms. The molecule has 0 amide bonds. The molecule has 16 heavy (non-hydrogen) atoms. The Morgan fingerprint density at radius 2 is 2.12 bits per heavy atom. The highest BCUT2D eigenvalue weighted by atomic mass is 16.6. The molecule has 2 aromatic rings. The van der Waals surface area contributed by atoms with Gasteiger partial charge in [-0.1, -0.05) is 12.1 Å². The van der Waals surface area contributed by atoms with Gasteiger partial charge in [-0.25, -0.2) is 9.97 Å². The fourth-order valence-electron chi connectivity index (χ4n) is 1.35. The van der Waals surface area contributed by atoms with Crippen LogP contribution in [-0.4, -0.2) is 14.9 Å². The first-order valence-electron chi connectivity index (χ1n) is 4.71. The van der Waals surface area contributed by atoms with Crippen molar-refractivity contribution in [3.8, 4) is 11.4 Å². The molecule has 0 spiro atoms. The fourth-order valence-corrected chi connectivity index (χ4v) is 1.35. The number of non-ortho nitro benzene ring substituents is 1. The first-order valence-corrected chi connectivity index (χ1v) is 4.71. The van der Waals surface area contributed by atoms with Crippen LogP contribution in [-0.2, 0) is 0 Å². The van der Waals surface area contributed by atoms with Crippen molar-refractivity contribution in [1.29, 1.82) is 0 Å². The standard InChI is InChI=1S/C11H9N3O2/c1-8-5-6-12-11(13-8)9-3-2-4-10(7-9)14(15)16/h2-7H,1H3. The van der Waals surface area contributed by atoms with Crippen molar-refractivity contribution >= 4 is 5.69 Å². The lowest BCUT2D eigenvalue weighted by atomic mass is 10.2. The van der Waals surface area contributed by atoms with Gasteiger partial charge in [-0.2, -0.15) is 0 Å². The van der Waals surface area contributed by atoms with Crippen molar-refractivity contribution in [2.45, 2.75) is 6.92 Å². The number of aryl methyl sites for hydroxylation is 1. The first kappa shape index (κ1) is 10.2. The Balaban J connectivity index is 2.48. The first-order chi connectivity index (χ1) is 7.66. The lowest BCUT2D eigenvalue weighted by molar-refractivity contribution is -0.384. The Morgan fingerprint density at radius 1 is 1.31 bits per heavy atom. The molecule has 0 N–H and O–H groups in total. The molecule has 80 valence electrons. The predicted molar refractivity (Wildman–Crippen MR) is 58.9 cm³/mol. The maximum atomic E-state index is 10.6. The Labute approximate surface area is 91.9 Å². The second-order valence-corrected chi connectivity index (χ2v) is 3.33. The molecule has 1 aromatic carbocycles. The van der Waals surface area contributed by atoms with Gasteiger partial charge in [0.15, 0.2) is 5.82 Å². The molecule has 0 saturated heterocycles. The average Bonchev–Trinajstić information content (AvgIpc) is 2.29.